The van der Waals surface area contributed by atoms with Gasteiger partial charge in [0.1, 0.15) is 0 Å². The molecule has 0 aliphatic rings. The molecule has 0 aliphatic heterocycles. The van der Waals surface area contributed by atoms with Crippen LogP contribution < -0.4 is 4.90 Å². The topological polar surface area (TPSA) is 46.1 Å². The first-order valence-corrected chi connectivity index (χ1v) is 7.19. The largest absolute Gasteiger partial charge is 0.311 e. The summed E-state index contributed by atoms with van der Waals surface area (Å²) in [6.07, 6.45) is 3.29. The van der Waals surface area contributed by atoms with Gasteiger partial charge in [0.05, 0.1) is 16.6 Å². The number of aromatic nitrogens is 2. The Kier molecular flexibility index (Phi) is 3.66. The number of nitrogens with zero attached hydrogens (tertiary/aromatic N) is 3. The van der Waals surface area contributed by atoms with Crippen molar-refractivity contribution in [2.24, 2.45) is 0 Å². The van der Waals surface area contributed by atoms with E-state index in [9.17, 15) is 4.79 Å². The predicted octanol–water partition coefficient (Wildman–Crippen LogP) is 3.67. The lowest BCUT2D eigenvalue weighted by atomic mass is 10.2. The fourth-order valence-corrected chi connectivity index (χ4v) is 2.55. The molecule has 0 aliphatic carbocycles. The maximum Gasteiger partial charge on any atom is 0.259 e. The van der Waals surface area contributed by atoms with Gasteiger partial charge in [-0.25, -0.2) is 0 Å². The van der Waals surface area contributed by atoms with Crippen molar-refractivity contribution >= 4 is 38.6 Å². The highest BCUT2D eigenvalue weighted by atomic mass is 79.9. The van der Waals surface area contributed by atoms with Crippen molar-refractivity contribution in [3.05, 3.63) is 64.9 Å². The molecular weight excluding hydrogens is 330 g/mol. The monoisotopic (exact) mass is 341 g/mol. The zero-order chi connectivity index (χ0) is 14.8. The average molecular weight is 342 g/mol. The number of fused-ring (bicyclic) bond motifs is 1. The number of rotatable bonds is 2. The molecule has 0 fully saturated rings. The second-order valence-corrected chi connectivity index (χ2v) is 5.43. The van der Waals surface area contributed by atoms with Crippen LogP contribution in [0.5, 0.6) is 0 Å². The Labute approximate surface area is 130 Å². The van der Waals surface area contributed by atoms with E-state index in [2.05, 4.69) is 25.9 Å². The summed E-state index contributed by atoms with van der Waals surface area (Å²) in [5, 5.41) is 0. The van der Waals surface area contributed by atoms with Gasteiger partial charge >= 0.3 is 0 Å². The van der Waals surface area contributed by atoms with Gasteiger partial charge in [0, 0.05) is 29.6 Å². The van der Waals surface area contributed by atoms with E-state index in [-0.39, 0.29) is 5.91 Å². The number of benzene rings is 2. The zero-order valence-electron chi connectivity index (χ0n) is 11.3. The quantitative estimate of drug-likeness (QED) is 0.714. The molecule has 1 amide bonds. The number of amides is 1. The van der Waals surface area contributed by atoms with Gasteiger partial charge in [-0.2, -0.15) is 0 Å². The Bertz CT molecular complexity index is 819. The highest BCUT2D eigenvalue weighted by Crippen LogP contribution is 2.23. The SMILES string of the molecule is CN(C(=O)c1ccccc1Br)c1ccc2nccnc2c1. The number of hydrogen-bond acceptors (Lipinski definition) is 3. The molecule has 0 spiro atoms. The molecule has 104 valence electrons. The minimum Gasteiger partial charge on any atom is -0.311 e. The molecule has 4 nitrogen and oxygen atoms in total. The molecule has 0 saturated heterocycles. The van der Waals surface area contributed by atoms with E-state index >= 15 is 0 Å². The van der Waals surface area contributed by atoms with E-state index in [1.54, 1.807) is 30.4 Å². The van der Waals surface area contributed by atoms with Crippen LogP contribution in [0.3, 0.4) is 0 Å². The summed E-state index contributed by atoms with van der Waals surface area (Å²) in [6.45, 7) is 0. The van der Waals surface area contributed by atoms with Gasteiger partial charge < -0.3 is 4.90 Å². The van der Waals surface area contributed by atoms with Crippen LogP contribution >= 0.6 is 15.9 Å². The van der Waals surface area contributed by atoms with Crippen LogP contribution in [0.2, 0.25) is 0 Å². The molecule has 1 heterocycles. The lowest BCUT2D eigenvalue weighted by Crippen LogP contribution is -2.26. The third-order valence-electron chi connectivity index (χ3n) is 3.25. The number of carbonyl (C=O) groups is 1. The smallest absolute Gasteiger partial charge is 0.259 e. The third-order valence-corrected chi connectivity index (χ3v) is 3.94. The summed E-state index contributed by atoms with van der Waals surface area (Å²) in [7, 11) is 1.75. The van der Waals surface area contributed by atoms with E-state index in [0.29, 0.717) is 5.56 Å². The number of anilines is 1. The normalized spacial score (nSPS) is 10.6. The van der Waals surface area contributed by atoms with E-state index in [0.717, 1.165) is 21.2 Å². The van der Waals surface area contributed by atoms with Crippen LogP contribution in [-0.2, 0) is 0 Å². The van der Waals surface area contributed by atoms with Crippen LogP contribution in [0.1, 0.15) is 10.4 Å². The maximum atomic E-state index is 12.6. The second kappa shape index (κ2) is 5.61. The molecule has 3 rings (SSSR count). The first-order chi connectivity index (χ1) is 10.2. The highest BCUT2D eigenvalue weighted by molar-refractivity contribution is 9.10. The molecular formula is C16H12BrN3O. The highest BCUT2D eigenvalue weighted by Gasteiger charge is 2.16. The summed E-state index contributed by atoms with van der Waals surface area (Å²) in [5.41, 5.74) is 2.98. The molecule has 3 aromatic rings. The predicted molar refractivity (Wildman–Crippen MR) is 86.4 cm³/mol. The molecule has 5 heteroatoms. The second-order valence-electron chi connectivity index (χ2n) is 4.57. The Morgan fingerprint density at radius 1 is 1.05 bits per heavy atom. The summed E-state index contributed by atoms with van der Waals surface area (Å²) in [6, 6.07) is 13.0. The molecule has 0 N–H and O–H groups in total. The lowest BCUT2D eigenvalue weighted by molar-refractivity contribution is 0.0992. The van der Waals surface area contributed by atoms with Crippen LogP contribution in [-0.4, -0.2) is 22.9 Å². The average Bonchev–Trinajstić information content (AvgIpc) is 2.53. The van der Waals surface area contributed by atoms with Gasteiger partial charge in [0.15, 0.2) is 0 Å². The Balaban J connectivity index is 1.98. The summed E-state index contributed by atoms with van der Waals surface area (Å²) in [4.78, 5) is 22.7. The van der Waals surface area contributed by atoms with Gasteiger partial charge in [0.25, 0.3) is 5.91 Å². The summed E-state index contributed by atoms with van der Waals surface area (Å²) < 4.78 is 0.780. The van der Waals surface area contributed by atoms with Crippen molar-refractivity contribution in [2.45, 2.75) is 0 Å². The zero-order valence-corrected chi connectivity index (χ0v) is 12.9. The molecule has 21 heavy (non-hydrogen) atoms. The molecule has 0 bridgehead atoms. The van der Waals surface area contributed by atoms with E-state index < -0.39 is 0 Å². The van der Waals surface area contributed by atoms with Crippen molar-refractivity contribution in [3.8, 4) is 0 Å². The van der Waals surface area contributed by atoms with Crippen molar-refractivity contribution in [3.63, 3.8) is 0 Å². The van der Waals surface area contributed by atoms with Gasteiger partial charge in [-0.15, -0.1) is 0 Å². The number of halogens is 1. The lowest BCUT2D eigenvalue weighted by Gasteiger charge is -2.18. The molecule has 1 aromatic heterocycles. The number of carbonyl (C=O) groups excluding carboxylic acids is 1. The van der Waals surface area contributed by atoms with Crippen LogP contribution in [0, 0.1) is 0 Å². The van der Waals surface area contributed by atoms with Gasteiger partial charge in [-0.05, 0) is 46.3 Å². The molecule has 0 atom stereocenters. The molecule has 2 aromatic carbocycles. The molecule has 0 saturated carbocycles. The van der Waals surface area contributed by atoms with Crippen molar-refractivity contribution in [1.29, 1.82) is 0 Å². The first kappa shape index (κ1) is 13.7. The fraction of sp³-hybridized carbons (Fsp3) is 0.0625. The standard InChI is InChI=1S/C16H12BrN3O/c1-20(16(21)12-4-2-3-5-13(12)17)11-6-7-14-15(10-11)19-9-8-18-14/h2-10H,1H3. The van der Waals surface area contributed by atoms with Crippen molar-refractivity contribution in [1.82, 2.24) is 9.97 Å². The first-order valence-electron chi connectivity index (χ1n) is 6.40. The Morgan fingerprint density at radius 3 is 2.52 bits per heavy atom. The maximum absolute atomic E-state index is 12.6. The molecule has 0 unspecified atom stereocenters. The Morgan fingerprint density at radius 2 is 1.76 bits per heavy atom. The summed E-state index contributed by atoms with van der Waals surface area (Å²) in [5.74, 6) is -0.0780. The fourth-order valence-electron chi connectivity index (χ4n) is 2.09. The van der Waals surface area contributed by atoms with Gasteiger partial charge in [0.2, 0.25) is 0 Å². The summed E-state index contributed by atoms with van der Waals surface area (Å²) >= 11 is 3.41. The van der Waals surface area contributed by atoms with E-state index in [1.165, 1.54) is 0 Å². The third kappa shape index (κ3) is 2.64. The minimum absolute atomic E-state index is 0.0780. The minimum atomic E-state index is -0.0780. The van der Waals surface area contributed by atoms with E-state index in [4.69, 9.17) is 0 Å². The van der Waals surface area contributed by atoms with E-state index in [1.807, 2.05) is 36.4 Å². The number of hydrogen-bond donors (Lipinski definition) is 0. The van der Waals surface area contributed by atoms with Crippen LogP contribution in [0.25, 0.3) is 11.0 Å². The van der Waals surface area contributed by atoms with Crippen LogP contribution in [0.15, 0.2) is 59.3 Å². The van der Waals surface area contributed by atoms with Crippen molar-refractivity contribution < 1.29 is 4.79 Å². The molecule has 0 radical (unpaired) electrons. The van der Waals surface area contributed by atoms with Gasteiger partial charge in [-0.1, -0.05) is 12.1 Å². The van der Waals surface area contributed by atoms with Crippen LogP contribution in [0.4, 0.5) is 5.69 Å². The van der Waals surface area contributed by atoms with Crippen molar-refractivity contribution in [2.75, 3.05) is 11.9 Å². The Hall–Kier alpha value is -2.27. The van der Waals surface area contributed by atoms with Gasteiger partial charge in [-0.3, -0.25) is 14.8 Å².